The molecule has 0 bridgehead atoms. The highest BCUT2D eigenvalue weighted by atomic mass is 32.1. The van der Waals surface area contributed by atoms with Crippen LogP contribution in [0.3, 0.4) is 0 Å². The maximum atomic E-state index is 10.7. The van der Waals surface area contributed by atoms with Crippen LogP contribution >= 0.6 is 11.7 Å². The number of piperidine rings is 1. The Kier molecular flexibility index (Phi) is 3.21. The SMILES string of the molecule is O=CC1CCCN(Cc2cnsn2)C1. The molecule has 0 aliphatic carbocycles. The van der Waals surface area contributed by atoms with Crippen LogP contribution in [-0.4, -0.2) is 33.0 Å². The molecule has 0 radical (unpaired) electrons. The molecule has 1 aromatic rings. The molecular weight excluding hydrogens is 198 g/mol. The van der Waals surface area contributed by atoms with Crippen molar-refractivity contribution in [1.29, 1.82) is 0 Å². The number of hydrogen-bond donors (Lipinski definition) is 0. The molecule has 4 nitrogen and oxygen atoms in total. The third-order valence-electron chi connectivity index (χ3n) is 2.53. The van der Waals surface area contributed by atoms with E-state index in [0.29, 0.717) is 0 Å². The topological polar surface area (TPSA) is 46.1 Å². The van der Waals surface area contributed by atoms with Crippen LogP contribution in [0.2, 0.25) is 0 Å². The molecule has 1 atom stereocenters. The van der Waals surface area contributed by atoms with Gasteiger partial charge >= 0.3 is 0 Å². The van der Waals surface area contributed by atoms with Crippen molar-refractivity contribution in [3.05, 3.63) is 11.9 Å². The summed E-state index contributed by atoms with van der Waals surface area (Å²) in [5.74, 6) is 0.218. The molecule has 1 fully saturated rings. The van der Waals surface area contributed by atoms with E-state index in [1.165, 1.54) is 11.7 Å². The van der Waals surface area contributed by atoms with E-state index >= 15 is 0 Å². The number of hydrogen-bond acceptors (Lipinski definition) is 5. The van der Waals surface area contributed by atoms with Gasteiger partial charge in [-0.25, -0.2) is 0 Å². The van der Waals surface area contributed by atoms with Gasteiger partial charge in [-0.05, 0) is 19.4 Å². The van der Waals surface area contributed by atoms with E-state index in [1.807, 2.05) is 0 Å². The van der Waals surface area contributed by atoms with Gasteiger partial charge < -0.3 is 4.79 Å². The third kappa shape index (κ3) is 2.36. The molecule has 76 valence electrons. The highest BCUT2D eigenvalue weighted by molar-refractivity contribution is 6.99. The predicted octanol–water partition coefficient (Wildman–Crippen LogP) is 0.949. The summed E-state index contributed by atoms with van der Waals surface area (Å²) in [5, 5.41) is 0. The van der Waals surface area contributed by atoms with Crippen molar-refractivity contribution in [2.24, 2.45) is 5.92 Å². The summed E-state index contributed by atoms with van der Waals surface area (Å²) in [6.07, 6.45) is 5.02. The smallest absolute Gasteiger partial charge is 0.124 e. The Labute approximate surface area is 87.3 Å². The first-order valence-electron chi connectivity index (χ1n) is 4.82. The van der Waals surface area contributed by atoms with E-state index in [-0.39, 0.29) is 5.92 Å². The number of rotatable bonds is 3. The van der Waals surface area contributed by atoms with Gasteiger partial charge in [0.15, 0.2) is 0 Å². The number of carbonyl (C=O) groups is 1. The first kappa shape index (κ1) is 9.73. The van der Waals surface area contributed by atoms with Crippen LogP contribution in [0.4, 0.5) is 0 Å². The van der Waals surface area contributed by atoms with Gasteiger partial charge in [0.05, 0.1) is 23.6 Å². The second-order valence-corrected chi connectivity index (χ2v) is 4.23. The average Bonchev–Trinajstić information content (AvgIpc) is 2.71. The van der Waals surface area contributed by atoms with Crippen LogP contribution in [0.1, 0.15) is 18.5 Å². The second-order valence-electron chi connectivity index (χ2n) is 3.67. The van der Waals surface area contributed by atoms with Gasteiger partial charge in [-0.2, -0.15) is 8.75 Å². The average molecular weight is 211 g/mol. The molecule has 2 rings (SSSR count). The summed E-state index contributed by atoms with van der Waals surface area (Å²) in [6, 6.07) is 0. The Morgan fingerprint density at radius 2 is 2.64 bits per heavy atom. The van der Waals surface area contributed by atoms with Crippen molar-refractivity contribution in [2.45, 2.75) is 19.4 Å². The summed E-state index contributed by atoms with van der Waals surface area (Å²) in [5.41, 5.74) is 1.02. The first-order chi connectivity index (χ1) is 6.88. The van der Waals surface area contributed by atoms with E-state index < -0.39 is 0 Å². The fraction of sp³-hybridized carbons (Fsp3) is 0.667. The monoisotopic (exact) mass is 211 g/mol. The van der Waals surface area contributed by atoms with E-state index in [1.54, 1.807) is 6.20 Å². The Hall–Kier alpha value is -0.810. The zero-order chi connectivity index (χ0) is 9.80. The fourth-order valence-electron chi connectivity index (χ4n) is 1.83. The van der Waals surface area contributed by atoms with Gasteiger partial charge in [0.25, 0.3) is 0 Å². The van der Waals surface area contributed by atoms with Crippen LogP contribution < -0.4 is 0 Å². The Balaban J connectivity index is 1.89. The molecule has 5 heteroatoms. The molecule has 0 spiro atoms. The van der Waals surface area contributed by atoms with Crippen molar-refractivity contribution in [1.82, 2.24) is 13.6 Å². The third-order valence-corrected chi connectivity index (χ3v) is 3.04. The van der Waals surface area contributed by atoms with Crippen LogP contribution in [0.5, 0.6) is 0 Å². The Bertz CT molecular complexity index is 288. The zero-order valence-corrected chi connectivity index (χ0v) is 8.74. The number of aromatic nitrogens is 2. The molecule has 0 saturated carbocycles. The van der Waals surface area contributed by atoms with Crippen molar-refractivity contribution in [2.75, 3.05) is 13.1 Å². The van der Waals surface area contributed by atoms with Gasteiger partial charge in [0.1, 0.15) is 6.29 Å². The molecule has 1 aliphatic rings. The minimum atomic E-state index is 0.218. The minimum absolute atomic E-state index is 0.218. The molecule has 0 amide bonds. The van der Waals surface area contributed by atoms with Crippen LogP contribution in [0.15, 0.2) is 6.20 Å². The van der Waals surface area contributed by atoms with E-state index in [2.05, 4.69) is 13.6 Å². The molecule has 1 aliphatic heterocycles. The van der Waals surface area contributed by atoms with Gasteiger partial charge in [0.2, 0.25) is 0 Å². The molecule has 0 N–H and O–H groups in total. The highest BCUT2D eigenvalue weighted by Crippen LogP contribution is 2.16. The van der Waals surface area contributed by atoms with Crippen molar-refractivity contribution >= 4 is 18.0 Å². The molecule has 1 unspecified atom stereocenters. The second kappa shape index (κ2) is 4.61. The predicted molar refractivity (Wildman–Crippen MR) is 54.0 cm³/mol. The summed E-state index contributed by atoms with van der Waals surface area (Å²) in [4.78, 5) is 12.9. The van der Waals surface area contributed by atoms with Crippen molar-refractivity contribution in [3.8, 4) is 0 Å². The van der Waals surface area contributed by atoms with Gasteiger partial charge in [-0.1, -0.05) is 0 Å². The van der Waals surface area contributed by atoms with Crippen LogP contribution in [0.25, 0.3) is 0 Å². The molecule has 1 aromatic heterocycles. The standard InChI is InChI=1S/C9H13N3OS/c13-7-8-2-1-3-12(5-8)6-9-4-10-14-11-9/h4,7-8H,1-3,5-6H2. The maximum absolute atomic E-state index is 10.7. The maximum Gasteiger partial charge on any atom is 0.124 e. The summed E-state index contributed by atoms with van der Waals surface area (Å²) >= 11 is 1.24. The fourth-order valence-corrected chi connectivity index (χ4v) is 2.25. The van der Waals surface area contributed by atoms with E-state index in [9.17, 15) is 4.79 Å². The van der Waals surface area contributed by atoms with E-state index in [0.717, 1.165) is 44.5 Å². The largest absolute Gasteiger partial charge is 0.303 e. The van der Waals surface area contributed by atoms with Gasteiger partial charge in [0, 0.05) is 19.0 Å². The molecular formula is C9H13N3OS. The first-order valence-corrected chi connectivity index (χ1v) is 5.55. The van der Waals surface area contributed by atoms with Gasteiger partial charge in [-0.15, -0.1) is 0 Å². The summed E-state index contributed by atoms with van der Waals surface area (Å²) < 4.78 is 8.12. The molecule has 2 heterocycles. The van der Waals surface area contributed by atoms with E-state index in [4.69, 9.17) is 0 Å². The number of aldehydes is 1. The molecule has 0 aromatic carbocycles. The Morgan fingerprint density at radius 3 is 3.36 bits per heavy atom. The molecule has 1 saturated heterocycles. The van der Waals surface area contributed by atoms with Gasteiger partial charge in [-0.3, -0.25) is 4.90 Å². The van der Waals surface area contributed by atoms with Crippen LogP contribution in [-0.2, 0) is 11.3 Å². The molecule has 14 heavy (non-hydrogen) atoms. The number of likely N-dealkylation sites (tertiary alicyclic amines) is 1. The Morgan fingerprint density at radius 1 is 1.71 bits per heavy atom. The highest BCUT2D eigenvalue weighted by Gasteiger charge is 2.19. The van der Waals surface area contributed by atoms with Crippen LogP contribution in [0, 0.1) is 5.92 Å². The lowest BCUT2D eigenvalue weighted by molar-refractivity contribution is -0.112. The number of nitrogens with zero attached hydrogens (tertiary/aromatic N) is 3. The minimum Gasteiger partial charge on any atom is -0.303 e. The lowest BCUT2D eigenvalue weighted by atomic mass is 10.00. The van der Waals surface area contributed by atoms with Crippen molar-refractivity contribution in [3.63, 3.8) is 0 Å². The quantitative estimate of drug-likeness (QED) is 0.698. The zero-order valence-electron chi connectivity index (χ0n) is 7.93. The van der Waals surface area contributed by atoms with Crippen molar-refractivity contribution < 1.29 is 4.79 Å². The lowest BCUT2D eigenvalue weighted by Gasteiger charge is -2.29. The summed E-state index contributed by atoms with van der Waals surface area (Å²) in [6.45, 7) is 2.78. The normalized spacial score (nSPS) is 23.6. The number of carbonyl (C=O) groups excluding carboxylic acids is 1. The lowest BCUT2D eigenvalue weighted by Crippen LogP contribution is -2.35. The summed E-state index contributed by atoms with van der Waals surface area (Å²) in [7, 11) is 0.